The first kappa shape index (κ1) is 20.5. The normalized spacial score (nSPS) is 32.6. The average molecular weight is 425 g/mol. The molecule has 2 aromatic heterocycles. The molecule has 2 aliphatic carbocycles. The van der Waals surface area contributed by atoms with E-state index in [1.165, 1.54) is 0 Å². The van der Waals surface area contributed by atoms with Crippen molar-refractivity contribution in [3.8, 4) is 0 Å². The third kappa shape index (κ3) is 4.45. The van der Waals surface area contributed by atoms with Gasteiger partial charge in [0, 0.05) is 29.4 Å². The second-order valence-corrected chi connectivity index (χ2v) is 9.92. The summed E-state index contributed by atoms with van der Waals surface area (Å²) < 4.78 is 5.52. The average Bonchev–Trinajstić information content (AvgIpc) is 3.35. The van der Waals surface area contributed by atoms with Gasteiger partial charge < -0.3 is 20.5 Å². The number of nitrogens with one attached hydrogen (secondary N) is 3. The van der Waals surface area contributed by atoms with E-state index in [4.69, 9.17) is 14.7 Å². The summed E-state index contributed by atoms with van der Waals surface area (Å²) in [5, 5.41) is 24.9. The molecule has 0 spiro atoms. The number of nitrogens with zero attached hydrogens (tertiary/aromatic N) is 3. The van der Waals surface area contributed by atoms with Gasteiger partial charge in [-0.2, -0.15) is 10.1 Å². The lowest BCUT2D eigenvalue weighted by atomic mass is 9.61. The van der Waals surface area contributed by atoms with Crippen LogP contribution in [-0.4, -0.2) is 50.1 Å². The molecule has 3 aliphatic rings. The van der Waals surface area contributed by atoms with Crippen molar-refractivity contribution in [1.82, 2.24) is 20.2 Å². The number of aryl methyl sites for hydroxylation is 1. The van der Waals surface area contributed by atoms with Crippen LogP contribution in [0.3, 0.4) is 0 Å². The zero-order valence-corrected chi connectivity index (χ0v) is 18.5. The number of anilines is 3. The number of aromatic amines is 1. The monoisotopic (exact) mass is 424 g/mol. The van der Waals surface area contributed by atoms with Crippen LogP contribution >= 0.6 is 0 Å². The number of ether oxygens (including phenoxy) is 1. The van der Waals surface area contributed by atoms with Crippen LogP contribution in [0.4, 0.5) is 17.6 Å². The maximum absolute atomic E-state index is 10.7. The number of aromatic nitrogens is 4. The summed E-state index contributed by atoms with van der Waals surface area (Å²) in [4.78, 5) is 9.59. The van der Waals surface area contributed by atoms with Crippen LogP contribution in [0, 0.1) is 24.7 Å². The fourth-order valence-corrected chi connectivity index (χ4v) is 5.78. The third-order valence-electron chi connectivity index (χ3n) is 6.91. The van der Waals surface area contributed by atoms with Crippen molar-refractivity contribution in [3.63, 3.8) is 0 Å². The molecule has 5 atom stereocenters. The van der Waals surface area contributed by atoms with Gasteiger partial charge in [-0.25, -0.2) is 4.98 Å². The minimum absolute atomic E-state index is 0.243. The zero-order valence-electron chi connectivity index (χ0n) is 18.5. The Hall–Kier alpha value is -2.45. The van der Waals surface area contributed by atoms with Crippen LogP contribution in [0.2, 0.25) is 0 Å². The Labute approximate surface area is 182 Å². The minimum atomic E-state index is -0.577. The van der Waals surface area contributed by atoms with Gasteiger partial charge in [-0.15, -0.1) is 0 Å². The van der Waals surface area contributed by atoms with Crippen LogP contribution in [-0.2, 0) is 4.74 Å². The first-order chi connectivity index (χ1) is 14.8. The summed E-state index contributed by atoms with van der Waals surface area (Å²) in [5.74, 6) is 3.57. The van der Waals surface area contributed by atoms with Crippen molar-refractivity contribution in [1.29, 1.82) is 0 Å². The molecule has 4 N–H and O–H groups in total. The number of hydrogen-bond acceptors (Lipinski definition) is 7. The van der Waals surface area contributed by atoms with Gasteiger partial charge in [0.2, 0.25) is 5.95 Å². The van der Waals surface area contributed by atoms with Crippen LogP contribution < -0.4 is 10.6 Å². The van der Waals surface area contributed by atoms with E-state index in [1.807, 2.05) is 26.0 Å². The molecule has 0 aromatic carbocycles. The van der Waals surface area contributed by atoms with Gasteiger partial charge in [0.25, 0.3) is 0 Å². The molecule has 0 saturated heterocycles. The van der Waals surface area contributed by atoms with Crippen molar-refractivity contribution in [2.24, 2.45) is 17.8 Å². The van der Waals surface area contributed by atoms with E-state index in [2.05, 4.69) is 33.8 Å². The molecule has 1 aliphatic heterocycles. The van der Waals surface area contributed by atoms with E-state index in [-0.39, 0.29) is 6.04 Å². The van der Waals surface area contributed by atoms with Crippen LogP contribution in [0.25, 0.3) is 5.57 Å². The molecule has 3 heterocycles. The summed E-state index contributed by atoms with van der Waals surface area (Å²) in [7, 11) is 0. The van der Waals surface area contributed by atoms with Crippen molar-refractivity contribution < 1.29 is 9.84 Å². The molecule has 8 nitrogen and oxygen atoms in total. The Morgan fingerprint density at radius 3 is 2.81 bits per heavy atom. The lowest BCUT2D eigenvalue weighted by Crippen LogP contribution is -2.50. The van der Waals surface area contributed by atoms with E-state index in [1.54, 1.807) is 0 Å². The highest BCUT2D eigenvalue weighted by atomic mass is 16.5. The number of hydrogen-bond donors (Lipinski definition) is 4. The molecule has 2 bridgehead atoms. The topological polar surface area (TPSA) is 108 Å². The summed E-state index contributed by atoms with van der Waals surface area (Å²) in [6.45, 7) is 7.43. The first-order valence-electron chi connectivity index (χ1n) is 11.3. The minimum Gasteiger partial charge on any atom is -0.390 e. The smallest absolute Gasteiger partial charge is 0.225 e. The second-order valence-electron chi connectivity index (χ2n) is 9.92. The van der Waals surface area contributed by atoms with Gasteiger partial charge in [0.1, 0.15) is 5.82 Å². The van der Waals surface area contributed by atoms with E-state index >= 15 is 0 Å². The largest absolute Gasteiger partial charge is 0.390 e. The van der Waals surface area contributed by atoms with Gasteiger partial charge in [0.15, 0.2) is 5.82 Å². The van der Waals surface area contributed by atoms with Gasteiger partial charge in [-0.3, -0.25) is 5.10 Å². The Morgan fingerprint density at radius 1 is 1.19 bits per heavy atom. The number of rotatable bonds is 5. The van der Waals surface area contributed by atoms with Crippen molar-refractivity contribution >= 4 is 23.2 Å². The number of fused-ring (bicyclic) bond motifs is 2. The van der Waals surface area contributed by atoms with Gasteiger partial charge >= 0.3 is 0 Å². The third-order valence-corrected chi connectivity index (χ3v) is 6.91. The summed E-state index contributed by atoms with van der Waals surface area (Å²) in [5.41, 5.74) is 2.34. The molecular weight excluding hydrogens is 392 g/mol. The van der Waals surface area contributed by atoms with Crippen LogP contribution in [0.5, 0.6) is 0 Å². The van der Waals surface area contributed by atoms with Crippen LogP contribution in [0.1, 0.15) is 50.9 Å². The molecule has 31 heavy (non-hydrogen) atoms. The molecule has 2 aromatic rings. The van der Waals surface area contributed by atoms with E-state index in [9.17, 15) is 5.11 Å². The molecular formula is C23H32N6O2. The Kier molecular flexibility index (Phi) is 5.22. The standard InChI is InChI=1S/C23H32N6O2/c1-13-6-15-8-17(11-23(3,30)10-15)21(13)27-22-24-18(16-4-5-31-12-16)9-19(26-22)25-20-7-14(2)28-29-20/h4,7,9,13,15,17,21,30H,5-6,8,10-12H2,1-3H3,(H3,24,25,26,27,28,29). The molecule has 8 heteroatoms. The van der Waals surface area contributed by atoms with Crippen LogP contribution in [0.15, 0.2) is 18.2 Å². The van der Waals surface area contributed by atoms with E-state index in [0.29, 0.717) is 42.7 Å². The quantitative estimate of drug-likeness (QED) is 0.580. The molecule has 5 unspecified atom stereocenters. The summed E-state index contributed by atoms with van der Waals surface area (Å²) in [6.07, 6.45) is 6.09. The number of aliphatic hydroxyl groups is 1. The molecule has 0 radical (unpaired) electrons. The van der Waals surface area contributed by atoms with Gasteiger partial charge in [-0.05, 0) is 57.3 Å². The Bertz CT molecular complexity index is 982. The highest BCUT2D eigenvalue weighted by Gasteiger charge is 2.45. The molecule has 2 fully saturated rings. The zero-order chi connectivity index (χ0) is 21.6. The summed E-state index contributed by atoms with van der Waals surface area (Å²) in [6, 6.07) is 4.13. The predicted octanol–water partition coefficient (Wildman–Crippen LogP) is 3.65. The summed E-state index contributed by atoms with van der Waals surface area (Å²) >= 11 is 0. The SMILES string of the molecule is Cc1cc(Nc2cc(C3=CCOC3)nc(NC3C(C)CC4CC3CC(C)(O)C4)n2)n[nH]1. The number of H-pyrrole nitrogens is 1. The fraction of sp³-hybridized carbons (Fsp3) is 0.609. The molecule has 5 rings (SSSR count). The lowest BCUT2D eigenvalue weighted by molar-refractivity contribution is -0.0502. The Balaban J connectivity index is 1.43. The van der Waals surface area contributed by atoms with Crippen molar-refractivity contribution in [3.05, 3.63) is 29.6 Å². The first-order valence-corrected chi connectivity index (χ1v) is 11.3. The fourth-order valence-electron chi connectivity index (χ4n) is 5.78. The second kappa shape index (κ2) is 7.91. The predicted molar refractivity (Wildman–Crippen MR) is 120 cm³/mol. The highest BCUT2D eigenvalue weighted by Crippen LogP contribution is 2.47. The molecule has 0 amide bonds. The van der Waals surface area contributed by atoms with Gasteiger partial charge in [0.05, 0.1) is 24.5 Å². The van der Waals surface area contributed by atoms with E-state index in [0.717, 1.165) is 48.5 Å². The maximum Gasteiger partial charge on any atom is 0.225 e. The van der Waals surface area contributed by atoms with Gasteiger partial charge in [-0.1, -0.05) is 13.0 Å². The lowest BCUT2D eigenvalue weighted by Gasteiger charge is -2.49. The van der Waals surface area contributed by atoms with E-state index < -0.39 is 5.60 Å². The molecule has 166 valence electrons. The maximum atomic E-state index is 10.7. The highest BCUT2D eigenvalue weighted by molar-refractivity contribution is 5.69. The van der Waals surface area contributed by atoms with Crippen molar-refractivity contribution in [2.45, 2.75) is 58.1 Å². The Morgan fingerprint density at radius 2 is 2.06 bits per heavy atom. The van der Waals surface area contributed by atoms with Crippen molar-refractivity contribution in [2.75, 3.05) is 23.8 Å². The molecule has 2 saturated carbocycles.